The van der Waals surface area contributed by atoms with E-state index in [4.69, 9.17) is 21.6 Å². The first-order valence-electron chi connectivity index (χ1n) is 30.2. The van der Waals surface area contributed by atoms with Crippen molar-refractivity contribution in [2.24, 2.45) is 15.0 Å². The van der Waals surface area contributed by atoms with Crippen LogP contribution in [0.3, 0.4) is 0 Å². The van der Waals surface area contributed by atoms with Crippen LogP contribution in [0.25, 0.3) is 122 Å². The molecule has 1 aliphatic carbocycles. The summed E-state index contributed by atoms with van der Waals surface area (Å²) in [4.78, 5) is 19.3. The van der Waals surface area contributed by atoms with Gasteiger partial charge in [0.1, 0.15) is 0 Å². The number of guanidine groups is 1. The number of nitrogens with zero attached hydrogens (tertiary/aromatic N) is 5. The zero-order valence-corrected chi connectivity index (χ0v) is 52.3. The Morgan fingerprint density at radius 3 is 1.74 bits per heavy atom. The summed E-state index contributed by atoms with van der Waals surface area (Å²) in [5.41, 5.74) is 15.1. The van der Waals surface area contributed by atoms with Crippen molar-refractivity contribution in [1.29, 1.82) is 0 Å². The number of hydrogen-bond donors (Lipinski definition) is 0. The van der Waals surface area contributed by atoms with Crippen molar-refractivity contribution in [3.63, 3.8) is 0 Å². The molecule has 426 valence electrons. The van der Waals surface area contributed by atoms with E-state index in [2.05, 4.69) is 265 Å². The standard InChI is InChI=1S/C78H51N5S4.C2H6/c1-47-28-33-68-61(56-17-7-12-23-67(56)83(68)55-40-53(49-30-35-74-63(42-49)58-19-8-13-25-70(58)85-74)39-54(41-55)50-31-36-75-64(43-50)59-20-9-14-26-71(59)86-75)44-51-16-6-11-22-66(51)82(47)78(80-46-48-29-34-73-62(38-48)57-18-4-3-5-24-69(57)84-73)81-77(79-2)52-32-37-76-65(45-52)60-21-10-15-27-72(60)87-76;1-2/h3-23,25-43,45H,1-2,24,44,46H2;1-2H3/b33-28-,80-78?,81-77-;. The van der Waals surface area contributed by atoms with Gasteiger partial charge in [0, 0.05) is 111 Å². The molecule has 0 atom stereocenters. The second-order valence-corrected chi connectivity index (χ2v) is 26.7. The van der Waals surface area contributed by atoms with Crippen molar-refractivity contribution in [2.45, 2.75) is 33.2 Å². The topological polar surface area (TPSA) is 45.2 Å². The van der Waals surface area contributed by atoms with Gasteiger partial charge in [0.25, 0.3) is 0 Å². The van der Waals surface area contributed by atoms with Gasteiger partial charge in [0.05, 0.1) is 23.4 Å². The molecule has 0 spiro atoms. The quantitative estimate of drug-likeness (QED) is 0.121. The lowest BCUT2D eigenvalue weighted by molar-refractivity contribution is 1.04. The number of benzene rings is 10. The molecular weight excluding hydrogens is 1160 g/mol. The monoisotopic (exact) mass is 1220 g/mol. The number of para-hydroxylation sites is 2. The summed E-state index contributed by atoms with van der Waals surface area (Å²) in [5.74, 6) is 0.941. The lowest BCUT2D eigenvalue weighted by Gasteiger charge is -2.26. The summed E-state index contributed by atoms with van der Waals surface area (Å²) in [6.45, 7) is 13.5. The Bertz CT molecular complexity index is 5440. The first-order chi connectivity index (χ1) is 43.9. The van der Waals surface area contributed by atoms with Gasteiger partial charge < -0.3 is 4.57 Å². The highest BCUT2D eigenvalue weighted by molar-refractivity contribution is 7.26. The van der Waals surface area contributed by atoms with E-state index < -0.39 is 0 Å². The van der Waals surface area contributed by atoms with Crippen LogP contribution in [-0.4, -0.2) is 23.1 Å². The van der Waals surface area contributed by atoms with Gasteiger partial charge in [0.15, 0.2) is 5.84 Å². The van der Waals surface area contributed by atoms with Gasteiger partial charge in [-0.05, 0) is 167 Å². The summed E-state index contributed by atoms with van der Waals surface area (Å²) in [6, 6.07) is 78.1. The summed E-state index contributed by atoms with van der Waals surface area (Å²) in [7, 11) is 0. The van der Waals surface area contributed by atoms with E-state index in [1.807, 2.05) is 47.9 Å². The number of thiophene rings is 4. The fourth-order valence-corrected chi connectivity index (χ4v) is 17.5. The number of aliphatic imine (C=N–C) groups is 3. The van der Waals surface area contributed by atoms with E-state index in [0.29, 0.717) is 30.5 Å². The Labute approximate surface area is 532 Å². The van der Waals surface area contributed by atoms with Gasteiger partial charge in [-0.2, -0.15) is 4.99 Å². The summed E-state index contributed by atoms with van der Waals surface area (Å²) >= 11 is 7.37. The molecule has 1 aliphatic heterocycles. The van der Waals surface area contributed by atoms with Crippen LogP contribution in [-0.2, 0) is 19.4 Å². The molecule has 5 nitrogen and oxygen atoms in total. The molecule has 2 aliphatic rings. The first kappa shape index (κ1) is 54.5. The van der Waals surface area contributed by atoms with Crippen LogP contribution in [0.2, 0.25) is 0 Å². The Balaban J connectivity index is 0.00000315. The third-order valence-electron chi connectivity index (χ3n) is 17.2. The van der Waals surface area contributed by atoms with E-state index in [9.17, 15) is 0 Å². The van der Waals surface area contributed by atoms with Gasteiger partial charge in [0.2, 0.25) is 5.96 Å². The SMILES string of the molecule is C=N/C(=N\C(=NCc1ccc2sc3c(c2c1)C=CC=CC3)N1C(=C)/C=C\c2c(c3ccccc3n2-c2cc(-c3ccc4sc5ccccc5c4c3)cc(-c3ccc4sc5ccccc5c4c3)c2)Cc2ccccc21)c1ccc2sc3ccccc3c2c1.CC. The third kappa shape index (κ3) is 9.60. The predicted molar refractivity (Wildman–Crippen MR) is 391 cm³/mol. The van der Waals surface area contributed by atoms with Crippen LogP contribution in [0.5, 0.6) is 0 Å². The number of hydrogen-bond acceptors (Lipinski definition) is 5. The molecule has 17 rings (SSSR count). The maximum atomic E-state index is 5.54. The molecular formula is C80H57N5S4. The van der Waals surface area contributed by atoms with Crippen LogP contribution >= 0.6 is 45.3 Å². The highest BCUT2D eigenvalue weighted by atomic mass is 32.1. The maximum absolute atomic E-state index is 5.54. The minimum absolute atomic E-state index is 0.370. The van der Waals surface area contributed by atoms with Crippen molar-refractivity contribution in [3.8, 4) is 27.9 Å². The lowest BCUT2D eigenvalue weighted by Crippen LogP contribution is -2.30. The van der Waals surface area contributed by atoms with Gasteiger partial charge in [-0.15, -0.1) is 45.3 Å². The molecule has 0 unspecified atom stereocenters. The van der Waals surface area contributed by atoms with Gasteiger partial charge >= 0.3 is 0 Å². The Morgan fingerprint density at radius 2 is 1.07 bits per heavy atom. The third-order valence-corrected chi connectivity index (χ3v) is 21.9. The van der Waals surface area contributed by atoms with Crippen molar-refractivity contribution in [2.75, 3.05) is 4.90 Å². The number of anilines is 1. The van der Waals surface area contributed by atoms with Gasteiger partial charge in [-0.1, -0.05) is 154 Å². The highest BCUT2D eigenvalue weighted by Crippen LogP contribution is 2.44. The summed E-state index contributed by atoms with van der Waals surface area (Å²) in [5, 5.41) is 9.92. The summed E-state index contributed by atoms with van der Waals surface area (Å²) < 4.78 is 11.4. The number of amidine groups is 1. The van der Waals surface area contributed by atoms with Gasteiger partial charge in [-0.25, -0.2) is 9.98 Å². The minimum atomic E-state index is 0.370. The number of allylic oxidation sites excluding steroid dienone is 4. The fourth-order valence-electron chi connectivity index (χ4n) is 13.1. The molecule has 0 radical (unpaired) electrons. The van der Waals surface area contributed by atoms with Crippen molar-refractivity contribution < 1.29 is 0 Å². The predicted octanol–water partition coefficient (Wildman–Crippen LogP) is 23.1. The van der Waals surface area contributed by atoms with E-state index >= 15 is 0 Å². The van der Waals surface area contributed by atoms with E-state index in [1.165, 1.54) is 97.7 Å². The molecule has 0 amide bonds. The number of aromatic nitrogens is 1. The van der Waals surface area contributed by atoms with E-state index in [-0.39, 0.29) is 0 Å². The smallest absolute Gasteiger partial charge is 0.232 e. The zero-order valence-electron chi connectivity index (χ0n) is 49.1. The van der Waals surface area contributed by atoms with E-state index in [0.717, 1.165) is 62.2 Å². The Morgan fingerprint density at radius 1 is 0.494 bits per heavy atom. The molecule has 89 heavy (non-hydrogen) atoms. The van der Waals surface area contributed by atoms with Crippen LogP contribution < -0.4 is 4.90 Å². The molecule has 0 saturated heterocycles. The molecule has 0 fully saturated rings. The normalized spacial score (nSPS) is 13.9. The largest absolute Gasteiger partial charge is 0.310 e. The second-order valence-electron chi connectivity index (χ2n) is 22.3. The van der Waals surface area contributed by atoms with Crippen molar-refractivity contribution in [3.05, 3.63) is 287 Å². The molecule has 5 aromatic heterocycles. The average Bonchev–Trinajstić information content (AvgIpc) is 1.83. The van der Waals surface area contributed by atoms with Crippen LogP contribution in [0, 0.1) is 0 Å². The zero-order chi connectivity index (χ0) is 59.7. The first-order valence-corrected chi connectivity index (χ1v) is 33.5. The minimum Gasteiger partial charge on any atom is -0.310 e. The fraction of sp³-hybridized carbons (Fsp3) is 0.0625. The molecule has 6 heterocycles. The van der Waals surface area contributed by atoms with E-state index in [1.54, 1.807) is 11.3 Å². The molecule has 10 aromatic carbocycles. The summed E-state index contributed by atoms with van der Waals surface area (Å²) in [6.07, 6.45) is 14.7. The molecule has 15 aromatic rings. The number of rotatable bonds is 6. The molecule has 0 N–H and O–H groups in total. The van der Waals surface area contributed by atoms with Gasteiger partial charge in [-0.3, -0.25) is 4.90 Å². The Kier molecular flexibility index (Phi) is 13.9. The Hall–Kier alpha value is -9.87. The van der Waals surface area contributed by atoms with Crippen LogP contribution in [0.15, 0.2) is 264 Å². The van der Waals surface area contributed by atoms with Crippen molar-refractivity contribution >= 4 is 163 Å². The maximum Gasteiger partial charge on any atom is 0.232 e. The van der Waals surface area contributed by atoms with Crippen LogP contribution in [0.4, 0.5) is 5.69 Å². The average molecular weight is 1220 g/mol. The molecule has 0 bridgehead atoms. The lowest BCUT2D eigenvalue weighted by atomic mass is 9.96. The number of fused-ring (bicyclic) bond motifs is 16. The van der Waals surface area contributed by atoms with Crippen LogP contribution in [0.1, 0.15) is 52.2 Å². The van der Waals surface area contributed by atoms with Crippen molar-refractivity contribution in [1.82, 2.24) is 4.57 Å². The molecule has 0 saturated carbocycles. The second kappa shape index (κ2) is 22.7. The molecule has 9 heteroatoms. The highest BCUT2D eigenvalue weighted by Gasteiger charge is 2.26.